The van der Waals surface area contributed by atoms with Crippen molar-refractivity contribution in [2.75, 3.05) is 85.8 Å². The van der Waals surface area contributed by atoms with Gasteiger partial charge in [-0.1, -0.05) is 12.1 Å². The summed E-state index contributed by atoms with van der Waals surface area (Å²) < 4.78 is 70.6. The molecule has 1 aliphatic rings. The van der Waals surface area contributed by atoms with Crippen molar-refractivity contribution in [3.63, 3.8) is 0 Å². The van der Waals surface area contributed by atoms with E-state index >= 15 is 0 Å². The van der Waals surface area contributed by atoms with Gasteiger partial charge in [0.25, 0.3) is 5.91 Å². The largest absolute Gasteiger partial charge is 0.442 e. The predicted molar refractivity (Wildman–Crippen MR) is 125 cm³/mol. The molecule has 3 N–H and O–H groups in total. The van der Waals surface area contributed by atoms with Crippen LogP contribution in [0, 0.1) is 0 Å². The summed E-state index contributed by atoms with van der Waals surface area (Å²) >= 11 is 0. The van der Waals surface area contributed by atoms with Crippen molar-refractivity contribution >= 4 is 11.8 Å². The summed E-state index contributed by atoms with van der Waals surface area (Å²) in [6.07, 6.45) is -4.61. The average Bonchev–Trinajstić information content (AvgIpc) is 3.70. The number of amides is 2. The van der Waals surface area contributed by atoms with Gasteiger partial charge < -0.3 is 39.5 Å². The minimum absolute atomic E-state index is 0.122. The number of nitrogens with zero attached hydrogens (tertiary/aromatic N) is 2. The Bertz CT molecular complexity index is 865. The van der Waals surface area contributed by atoms with Gasteiger partial charge in [0.2, 0.25) is 5.91 Å². The smallest absolute Gasteiger partial charge is 0.377 e. The highest BCUT2D eigenvalue weighted by molar-refractivity contribution is 5.94. The number of ether oxygens (including phenoxy) is 6. The van der Waals surface area contributed by atoms with Crippen molar-refractivity contribution in [3.05, 3.63) is 35.4 Å². The molecule has 12 nitrogen and oxygen atoms in total. The molecule has 2 rings (SSSR count). The van der Waals surface area contributed by atoms with E-state index in [-0.39, 0.29) is 37.5 Å². The molecule has 0 spiro atoms. The lowest BCUT2D eigenvalue weighted by Crippen LogP contribution is -2.30. The summed E-state index contributed by atoms with van der Waals surface area (Å²) in [6.45, 7) is 4.12. The van der Waals surface area contributed by atoms with E-state index in [9.17, 15) is 22.8 Å². The average molecular weight is 551 g/mol. The van der Waals surface area contributed by atoms with Crippen LogP contribution in [0.1, 0.15) is 15.9 Å². The van der Waals surface area contributed by atoms with E-state index in [0.717, 1.165) is 0 Å². The van der Waals surface area contributed by atoms with Gasteiger partial charge in [0.05, 0.1) is 72.7 Å². The number of primary amides is 1. The molecule has 2 amide bonds. The van der Waals surface area contributed by atoms with E-state index in [1.54, 1.807) is 0 Å². The summed E-state index contributed by atoms with van der Waals surface area (Å²) in [7, 11) is 0. The fourth-order valence-electron chi connectivity index (χ4n) is 2.91. The molecule has 1 aromatic rings. The third kappa shape index (κ3) is 11.8. The number of alkyl halides is 3. The number of hydrogen-bond acceptors (Lipinski definition) is 10. The zero-order valence-electron chi connectivity index (χ0n) is 20.9. The molecule has 214 valence electrons. The first-order chi connectivity index (χ1) is 18.3. The zero-order chi connectivity index (χ0) is 27.7. The Labute approximate surface area is 217 Å². The van der Waals surface area contributed by atoms with Crippen molar-refractivity contribution in [1.82, 2.24) is 5.32 Å². The molecular weight excluding hydrogens is 517 g/mol. The lowest BCUT2D eigenvalue weighted by molar-refractivity contribution is -0.166. The molecule has 0 atom stereocenters. The molecule has 1 heterocycles. The molecule has 15 heteroatoms. The standard InChI is InChI=1S/C23H33F3N4O8/c24-23(25,26)22(29-30-22)19-3-1-18(2-4-19)21(32)28-5-6-33-7-8-34-9-10-35-11-12-36-13-14-37-15-16-38-17-20(27)31/h1-4H,5-17H2,(H2,27,31)(H,28,32). The number of carbonyl (C=O) groups is 2. The van der Waals surface area contributed by atoms with Gasteiger partial charge in [-0.25, -0.2) is 0 Å². The highest BCUT2D eigenvalue weighted by atomic mass is 19.4. The van der Waals surface area contributed by atoms with Crippen LogP contribution in [-0.4, -0.2) is 104 Å². The number of carbonyl (C=O) groups excluding carboxylic acids is 2. The van der Waals surface area contributed by atoms with Crippen molar-refractivity contribution in [2.45, 2.75) is 11.8 Å². The fourth-order valence-corrected chi connectivity index (χ4v) is 2.91. The lowest BCUT2D eigenvalue weighted by atomic mass is 10.0. The summed E-state index contributed by atoms with van der Waals surface area (Å²) in [5.41, 5.74) is 2.52. The predicted octanol–water partition coefficient (Wildman–Crippen LogP) is 1.18. The molecule has 1 aliphatic heterocycles. The van der Waals surface area contributed by atoms with Gasteiger partial charge in [0.15, 0.2) is 0 Å². The van der Waals surface area contributed by atoms with Crippen molar-refractivity contribution < 1.29 is 51.2 Å². The third-order valence-corrected chi connectivity index (χ3v) is 4.88. The Morgan fingerprint density at radius 2 is 1.16 bits per heavy atom. The zero-order valence-corrected chi connectivity index (χ0v) is 20.9. The van der Waals surface area contributed by atoms with E-state index in [1.807, 2.05) is 0 Å². The number of benzene rings is 1. The first-order valence-electron chi connectivity index (χ1n) is 11.9. The Balaban J connectivity index is 1.34. The Morgan fingerprint density at radius 3 is 1.55 bits per heavy atom. The maximum atomic E-state index is 13.0. The van der Waals surface area contributed by atoms with Crippen LogP contribution in [0.2, 0.25) is 0 Å². The van der Waals surface area contributed by atoms with E-state index in [0.29, 0.717) is 59.5 Å². The molecule has 0 unspecified atom stereocenters. The van der Waals surface area contributed by atoms with Crippen molar-refractivity contribution in [1.29, 1.82) is 0 Å². The number of nitrogens with one attached hydrogen (secondary N) is 1. The topological polar surface area (TPSA) is 152 Å². The summed E-state index contributed by atoms with van der Waals surface area (Å²) in [4.78, 5) is 22.6. The van der Waals surface area contributed by atoms with E-state index in [2.05, 4.69) is 15.5 Å². The monoisotopic (exact) mass is 550 g/mol. The molecule has 0 aromatic heterocycles. The normalized spacial score (nSPS) is 14.0. The number of nitrogens with two attached hydrogens (primary N) is 1. The SMILES string of the molecule is NC(=O)COCCOCCOCCOCCOCCOCCNC(=O)c1ccc(C2(C(F)(F)F)N=N2)cc1. The van der Waals surface area contributed by atoms with Crippen LogP contribution >= 0.6 is 0 Å². The van der Waals surface area contributed by atoms with Crippen LogP contribution < -0.4 is 11.1 Å². The number of rotatable bonds is 22. The maximum Gasteiger partial charge on any atom is 0.442 e. The van der Waals surface area contributed by atoms with Gasteiger partial charge in [-0.15, -0.1) is 10.2 Å². The molecular formula is C23H33F3N4O8. The number of halogens is 3. The number of hydrogen-bond donors (Lipinski definition) is 2. The molecule has 0 saturated heterocycles. The van der Waals surface area contributed by atoms with Gasteiger partial charge in [-0.2, -0.15) is 13.2 Å². The molecule has 38 heavy (non-hydrogen) atoms. The van der Waals surface area contributed by atoms with Crippen LogP contribution in [0.4, 0.5) is 13.2 Å². The van der Waals surface area contributed by atoms with E-state index in [1.165, 1.54) is 24.3 Å². The van der Waals surface area contributed by atoms with Gasteiger partial charge >= 0.3 is 11.8 Å². The van der Waals surface area contributed by atoms with Gasteiger partial charge in [-0.3, -0.25) is 9.59 Å². The first-order valence-corrected chi connectivity index (χ1v) is 11.9. The fraction of sp³-hybridized carbons (Fsp3) is 0.652. The first kappa shape index (κ1) is 31.5. The highest BCUT2D eigenvalue weighted by Crippen LogP contribution is 2.52. The molecule has 0 fully saturated rings. The van der Waals surface area contributed by atoms with Crippen LogP contribution in [-0.2, 0) is 38.9 Å². The van der Waals surface area contributed by atoms with Crippen LogP contribution in [0.5, 0.6) is 0 Å². The third-order valence-electron chi connectivity index (χ3n) is 4.88. The molecule has 0 bridgehead atoms. The second kappa shape index (κ2) is 17.0. The van der Waals surface area contributed by atoms with Crippen LogP contribution in [0.25, 0.3) is 0 Å². The molecule has 0 radical (unpaired) electrons. The van der Waals surface area contributed by atoms with Gasteiger partial charge in [0.1, 0.15) is 6.61 Å². The lowest BCUT2D eigenvalue weighted by Gasteiger charge is -2.15. The maximum absolute atomic E-state index is 13.0. The Kier molecular flexibility index (Phi) is 14.1. The van der Waals surface area contributed by atoms with Gasteiger partial charge in [0, 0.05) is 17.7 Å². The molecule has 0 saturated carbocycles. The van der Waals surface area contributed by atoms with E-state index < -0.39 is 23.7 Å². The summed E-state index contributed by atoms with van der Waals surface area (Å²) in [5, 5.41) is 8.89. The van der Waals surface area contributed by atoms with Crippen molar-refractivity contribution in [3.8, 4) is 0 Å². The van der Waals surface area contributed by atoms with Gasteiger partial charge in [-0.05, 0) is 12.1 Å². The Hall–Kier alpha value is -2.69. The second-order valence-corrected chi connectivity index (χ2v) is 7.78. The second-order valence-electron chi connectivity index (χ2n) is 7.78. The van der Waals surface area contributed by atoms with Crippen LogP contribution in [0.3, 0.4) is 0 Å². The quantitative estimate of drug-likeness (QED) is 0.204. The minimum Gasteiger partial charge on any atom is -0.377 e. The summed E-state index contributed by atoms with van der Waals surface area (Å²) in [6, 6.07) is 4.98. The molecule has 0 aliphatic carbocycles. The van der Waals surface area contributed by atoms with Crippen LogP contribution in [0.15, 0.2) is 34.5 Å². The van der Waals surface area contributed by atoms with E-state index in [4.69, 9.17) is 34.2 Å². The highest BCUT2D eigenvalue weighted by Gasteiger charge is 2.65. The van der Waals surface area contributed by atoms with Crippen molar-refractivity contribution in [2.24, 2.45) is 16.0 Å². The molecule has 1 aromatic carbocycles. The summed E-state index contributed by atoms with van der Waals surface area (Å²) in [5.74, 6) is -0.949. The Morgan fingerprint density at radius 1 is 0.737 bits per heavy atom. The minimum atomic E-state index is -4.61.